The van der Waals surface area contributed by atoms with Crippen molar-refractivity contribution < 1.29 is 23.8 Å². The molecule has 0 fully saturated rings. The minimum Gasteiger partial charge on any atom is -0.494 e. The number of amides is 2. The predicted molar refractivity (Wildman–Crippen MR) is 119 cm³/mol. The Hall–Kier alpha value is -3.74. The Morgan fingerprint density at radius 2 is 1.71 bits per heavy atom. The van der Waals surface area contributed by atoms with Crippen molar-refractivity contribution in [1.29, 1.82) is 0 Å². The quantitative estimate of drug-likeness (QED) is 0.463. The molecule has 0 bridgehead atoms. The van der Waals surface area contributed by atoms with E-state index in [1.807, 2.05) is 6.92 Å². The van der Waals surface area contributed by atoms with Gasteiger partial charge in [-0.1, -0.05) is 25.1 Å². The summed E-state index contributed by atoms with van der Waals surface area (Å²) in [5.74, 6) is 0.982. The van der Waals surface area contributed by atoms with Crippen LogP contribution < -0.4 is 19.5 Å². The lowest BCUT2D eigenvalue weighted by molar-refractivity contribution is -0.136. The van der Waals surface area contributed by atoms with Crippen LogP contribution in [-0.4, -0.2) is 44.1 Å². The summed E-state index contributed by atoms with van der Waals surface area (Å²) in [7, 11) is 3.08. The Kier molecular flexibility index (Phi) is 6.97. The molecule has 0 saturated carbocycles. The average molecular weight is 422 g/mol. The zero-order chi connectivity index (χ0) is 22.4. The Bertz CT molecular complexity index is 1010. The third-order valence-corrected chi connectivity index (χ3v) is 4.75. The normalized spacial score (nSPS) is 13.5. The molecule has 1 aliphatic rings. The van der Waals surface area contributed by atoms with Crippen LogP contribution in [0.3, 0.4) is 0 Å². The molecule has 1 heterocycles. The van der Waals surface area contributed by atoms with Crippen LogP contribution in [0.4, 0.5) is 5.69 Å². The first-order valence-electron chi connectivity index (χ1n) is 9.97. The van der Waals surface area contributed by atoms with E-state index in [1.54, 1.807) is 49.6 Å². The summed E-state index contributed by atoms with van der Waals surface area (Å²) in [6.07, 6.45) is 2.42. The van der Waals surface area contributed by atoms with Gasteiger partial charge in [0, 0.05) is 18.3 Å². The molecule has 0 radical (unpaired) electrons. The summed E-state index contributed by atoms with van der Waals surface area (Å²) in [6, 6.07) is 12.3. The third kappa shape index (κ3) is 4.55. The van der Waals surface area contributed by atoms with Crippen LogP contribution in [0.5, 0.6) is 17.2 Å². The molecule has 2 aromatic rings. The molecule has 1 N–H and O–H groups in total. The molecule has 1 aliphatic heterocycles. The van der Waals surface area contributed by atoms with Crippen molar-refractivity contribution in [3.05, 3.63) is 66.4 Å². The van der Waals surface area contributed by atoms with Crippen LogP contribution in [0, 0.1) is 0 Å². The van der Waals surface area contributed by atoms with Crippen molar-refractivity contribution >= 4 is 23.1 Å². The maximum absolute atomic E-state index is 13.1. The van der Waals surface area contributed by atoms with Gasteiger partial charge in [0.2, 0.25) is 0 Å². The largest absolute Gasteiger partial charge is 0.494 e. The number of rotatable bonds is 10. The molecule has 0 saturated heterocycles. The summed E-state index contributed by atoms with van der Waals surface area (Å²) >= 11 is 0. The number of imide groups is 1. The van der Waals surface area contributed by atoms with Crippen LogP contribution in [0.2, 0.25) is 0 Å². The SMILES string of the molecule is C=CCN1C(=O)C(Nc2ccc(OC)c(OC)c2)=C(c2ccc(OCCC)cc2)C1=O. The van der Waals surface area contributed by atoms with Gasteiger partial charge in [0.15, 0.2) is 11.5 Å². The minimum atomic E-state index is -0.416. The van der Waals surface area contributed by atoms with Crippen LogP contribution in [0.1, 0.15) is 18.9 Å². The van der Waals surface area contributed by atoms with E-state index in [9.17, 15) is 9.59 Å². The summed E-state index contributed by atoms with van der Waals surface area (Å²) in [6.45, 7) is 6.41. The fourth-order valence-corrected chi connectivity index (χ4v) is 3.25. The van der Waals surface area contributed by atoms with Crippen LogP contribution in [0.15, 0.2) is 60.8 Å². The molecule has 31 heavy (non-hydrogen) atoms. The van der Waals surface area contributed by atoms with Gasteiger partial charge >= 0.3 is 0 Å². The van der Waals surface area contributed by atoms with Gasteiger partial charge in [-0.05, 0) is 36.2 Å². The number of ether oxygens (including phenoxy) is 3. The lowest BCUT2D eigenvalue weighted by atomic mass is 10.0. The molecule has 3 rings (SSSR count). The molecule has 0 aromatic heterocycles. The number of anilines is 1. The second kappa shape index (κ2) is 9.84. The van der Waals surface area contributed by atoms with E-state index >= 15 is 0 Å². The molecule has 0 unspecified atom stereocenters. The van der Waals surface area contributed by atoms with Crippen molar-refractivity contribution in [2.24, 2.45) is 0 Å². The van der Waals surface area contributed by atoms with Gasteiger partial charge in [-0.15, -0.1) is 6.58 Å². The lowest BCUT2D eigenvalue weighted by Gasteiger charge is -2.13. The van der Waals surface area contributed by atoms with E-state index in [2.05, 4.69) is 11.9 Å². The highest BCUT2D eigenvalue weighted by molar-refractivity contribution is 6.36. The molecule has 162 valence electrons. The smallest absolute Gasteiger partial charge is 0.278 e. The first-order valence-corrected chi connectivity index (χ1v) is 9.97. The van der Waals surface area contributed by atoms with Gasteiger partial charge in [0.25, 0.3) is 11.8 Å². The molecule has 2 aromatic carbocycles. The van der Waals surface area contributed by atoms with Crippen LogP contribution >= 0.6 is 0 Å². The third-order valence-electron chi connectivity index (χ3n) is 4.75. The van der Waals surface area contributed by atoms with Gasteiger partial charge < -0.3 is 19.5 Å². The fraction of sp³-hybridized carbons (Fsp3) is 0.250. The van der Waals surface area contributed by atoms with Gasteiger partial charge in [-0.3, -0.25) is 14.5 Å². The van der Waals surface area contributed by atoms with Gasteiger partial charge in [-0.2, -0.15) is 0 Å². The number of methoxy groups -OCH3 is 2. The summed E-state index contributed by atoms with van der Waals surface area (Å²) < 4.78 is 16.2. The number of carbonyl (C=O) groups is 2. The topological polar surface area (TPSA) is 77.1 Å². The molecule has 7 nitrogen and oxygen atoms in total. The molecular formula is C24H26N2O5. The Balaban J connectivity index is 2.01. The highest BCUT2D eigenvalue weighted by Gasteiger charge is 2.38. The Labute approximate surface area is 181 Å². The standard InChI is InChI=1S/C24H26N2O5/c1-5-13-26-23(27)21(16-7-10-18(11-8-16)31-14-6-2)22(24(26)28)25-17-9-12-19(29-3)20(15-17)30-4/h5,7-12,15,25H,1,6,13-14H2,2-4H3. The van der Waals surface area contributed by atoms with E-state index in [0.717, 1.165) is 11.3 Å². The number of nitrogens with zero attached hydrogens (tertiary/aromatic N) is 1. The maximum atomic E-state index is 13.1. The first kappa shape index (κ1) is 22.0. The lowest BCUT2D eigenvalue weighted by Crippen LogP contribution is -2.32. The number of hydrogen-bond acceptors (Lipinski definition) is 6. The van der Waals surface area contributed by atoms with E-state index in [4.69, 9.17) is 14.2 Å². The number of carbonyl (C=O) groups excluding carboxylic acids is 2. The van der Waals surface area contributed by atoms with Gasteiger partial charge in [0.1, 0.15) is 11.4 Å². The second-order valence-corrected chi connectivity index (χ2v) is 6.83. The van der Waals surface area contributed by atoms with E-state index < -0.39 is 5.91 Å². The molecule has 2 amide bonds. The van der Waals surface area contributed by atoms with E-state index in [-0.39, 0.29) is 18.1 Å². The van der Waals surface area contributed by atoms with E-state index in [1.165, 1.54) is 13.2 Å². The molecular weight excluding hydrogens is 396 g/mol. The first-order chi connectivity index (χ1) is 15.0. The van der Waals surface area contributed by atoms with Crippen LogP contribution in [0.25, 0.3) is 5.57 Å². The Morgan fingerprint density at radius 1 is 1.00 bits per heavy atom. The summed E-state index contributed by atoms with van der Waals surface area (Å²) in [4.78, 5) is 27.3. The van der Waals surface area contributed by atoms with Crippen LogP contribution in [-0.2, 0) is 9.59 Å². The average Bonchev–Trinajstić information content (AvgIpc) is 3.02. The number of hydrogen-bond donors (Lipinski definition) is 1. The molecule has 0 aliphatic carbocycles. The van der Waals surface area contributed by atoms with Crippen molar-refractivity contribution in [1.82, 2.24) is 4.90 Å². The summed E-state index contributed by atoms with van der Waals surface area (Å²) in [5.41, 5.74) is 1.70. The zero-order valence-electron chi connectivity index (χ0n) is 17.9. The van der Waals surface area contributed by atoms with Gasteiger partial charge in [0.05, 0.1) is 26.4 Å². The van der Waals surface area contributed by atoms with Crippen molar-refractivity contribution in [2.45, 2.75) is 13.3 Å². The molecule has 0 spiro atoms. The predicted octanol–water partition coefficient (Wildman–Crippen LogP) is 3.87. The van der Waals surface area contributed by atoms with Gasteiger partial charge in [-0.25, -0.2) is 0 Å². The minimum absolute atomic E-state index is 0.121. The fourth-order valence-electron chi connectivity index (χ4n) is 3.25. The van der Waals surface area contributed by atoms with Crippen molar-refractivity contribution in [3.63, 3.8) is 0 Å². The highest BCUT2D eigenvalue weighted by atomic mass is 16.5. The number of benzene rings is 2. The monoisotopic (exact) mass is 422 g/mol. The Morgan fingerprint density at radius 3 is 2.32 bits per heavy atom. The zero-order valence-corrected chi connectivity index (χ0v) is 17.9. The highest BCUT2D eigenvalue weighted by Crippen LogP contribution is 2.34. The van der Waals surface area contributed by atoms with Crippen molar-refractivity contribution in [3.8, 4) is 17.2 Å². The molecule has 7 heteroatoms. The number of nitrogens with one attached hydrogen (secondary N) is 1. The van der Waals surface area contributed by atoms with E-state index in [0.29, 0.717) is 40.7 Å². The molecule has 0 atom stereocenters. The summed E-state index contributed by atoms with van der Waals surface area (Å²) in [5, 5.41) is 3.10. The van der Waals surface area contributed by atoms with Crippen molar-refractivity contribution in [2.75, 3.05) is 32.7 Å². The second-order valence-electron chi connectivity index (χ2n) is 6.83. The maximum Gasteiger partial charge on any atom is 0.278 e.